The summed E-state index contributed by atoms with van der Waals surface area (Å²) in [5.41, 5.74) is 6.53. The molecule has 5 aromatic carbocycles. The van der Waals surface area contributed by atoms with Crippen LogP contribution in [0.2, 0.25) is 0 Å². The van der Waals surface area contributed by atoms with Crippen LogP contribution in [0.1, 0.15) is 5.82 Å². The minimum Gasteiger partial charge on any atom is -0.307 e. The van der Waals surface area contributed by atoms with Crippen molar-refractivity contribution in [1.29, 1.82) is 0 Å². The maximum absolute atomic E-state index is 5.04. The van der Waals surface area contributed by atoms with E-state index in [2.05, 4.69) is 100 Å². The van der Waals surface area contributed by atoms with Crippen molar-refractivity contribution in [1.82, 2.24) is 24.1 Å². The first-order chi connectivity index (χ1) is 19.3. The molecule has 0 saturated carbocycles. The van der Waals surface area contributed by atoms with Gasteiger partial charge in [0.25, 0.3) is 0 Å². The molecule has 3 heterocycles. The van der Waals surface area contributed by atoms with E-state index in [1.165, 1.54) is 21.7 Å². The second-order valence-electron chi connectivity index (χ2n) is 9.77. The van der Waals surface area contributed by atoms with E-state index in [0.717, 1.165) is 33.2 Å². The van der Waals surface area contributed by atoms with Crippen molar-refractivity contribution in [3.63, 3.8) is 0 Å². The van der Waals surface area contributed by atoms with E-state index in [1.54, 1.807) is 0 Å². The summed E-state index contributed by atoms with van der Waals surface area (Å²) < 4.78 is 4.58. The molecule has 0 spiro atoms. The summed E-state index contributed by atoms with van der Waals surface area (Å²) >= 11 is 0. The molecular formula is C34H23N5. The standard InChI is InChI=1S/C34H23N5/c1-22-35-33(23-12-4-2-5-13-23)37-34(36-22)39-30-19-11-9-17-26(30)28-21-20-27-25-16-8-10-18-29(25)38(31(27)32(28)39)24-14-6-3-7-15-24/h2-21H,1H3. The highest BCUT2D eigenvalue weighted by molar-refractivity contribution is 6.23. The van der Waals surface area contributed by atoms with Gasteiger partial charge in [-0.1, -0.05) is 97.1 Å². The van der Waals surface area contributed by atoms with Crippen molar-refractivity contribution >= 4 is 43.6 Å². The lowest BCUT2D eigenvalue weighted by Gasteiger charge is -2.12. The van der Waals surface area contributed by atoms with Crippen molar-refractivity contribution in [3.8, 4) is 23.0 Å². The van der Waals surface area contributed by atoms with Crippen LogP contribution in [-0.4, -0.2) is 24.1 Å². The van der Waals surface area contributed by atoms with Gasteiger partial charge < -0.3 is 4.57 Å². The van der Waals surface area contributed by atoms with Crippen molar-refractivity contribution in [2.45, 2.75) is 6.92 Å². The first kappa shape index (κ1) is 21.8. The topological polar surface area (TPSA) is 48.5 Å². The molecule has 39 heavy (non-hydrogen) atoms. The predicted molar refractivity (Wildman–Crippen MR) is 159 cm³/mol. The average Bonchev–Trinajstić information content (AvgIpc) is 3.51. The van der Waals surface area contributed by atoms with Gasteiger partial charge in [-0.2, -0.15) is 9.97 Å². The second-order valence-corrected chi connectivity index (χ2v) is 9.77. The number of hydrogen-bond acceptors (Lipinski definition) is 3. The predicted octanol–water partition coefficient (Wildman–Crippen LogP) is 8.04. The Morgan fingerprint density at radius 1 is 0.462 bits per heavy atom. The minimum atomic E-state index is 0.616. The maximum Gasteiger partial charge on any atom is 0.238 e. The van der Waals surface area contributed by atoms with Crippen molar-refractivity contribution < 1.29 is 0 Å². The number of hydrogen-bond donors (Lipinski definition) is 0. The normalized spacial score (nSPS) is 11.7. The van der Waals surface area contributed by atoms with Gasteiger partial charge in [-0.05, 0) is 31.2 Å². The van der Waals surface area contributed by atoms with Gasteiger partial charge in [0.1, 0.15) is 5.82 Å². The van der Waals surface area contributed by atoms with E-state index in [1.807, 2.05) is 37.3 Å². The summed E-state index contributed by atoms with van der Waals surface area (Å²) in [6, 6.07) is 42.3. The van der Waals surface area contributed by atoms with Gasteiger partial charge >= 0.3 is 0 Å². The largest absolute Gasteiger partial charge is 0.307 e. The number of benzene rings is 5. The van der Waals surface area contributed by atoms with Crippen molar-refractivity contribution in [2.75, 3.05) is 0 Å². The number of aromatic nitrogens is 5. The summed E-state index contributed by atoms with van der Waals surface area (Å²) in [7, 11) is 0. The van der Waals surface area contributed by atoms with Crippen LogP contribution in [0.4, 0.5) is 0 Å². The van der Waals surface area contributed by atoms with Gasteiger partial charge in [0.15, 0.2) is 5.82 Å². The monoisotopic (exact) mass is 501 g/mol. The second kappa shape index (κ2) is 8.36. The highest BCUT2D eigenvalue weighted by Crippen LogP contribution is 2.41. The maximum atomic E-state index is 5.04. The lowest BCUT2D eigenvalue weighted by atomic mass is 10.1. The summed E-state index contributed by atoms with van der Waals surface area (Å²) in [5.74, 6) is 1.96. The Morgan fingerprint density at radius 3 is 1.67 bits per heavy atom. The Kier molecular flexibility index (Phi) is 4.67. The van der Waals surface area contributed by atoms with Crippen LogP contribution in [0.25, 0.3) is 66.6 Å². The number of fused-ring (bicyclic) bond motifs is 7. The average molecular weight is 502 g/mol. The highest BCUT2D eigenvalue weighted by atomic mass is 15.2. The lowest BCUT2D eigenvalue weighted by Crippen LogP contribution is -2.07. The van der Waals surface area contributed by atoms with E-state index >= 15 is 0 Å². The molecule has 0 fully saturated rings. The molecule has 0 unspecified atom stereocenters. The van der Waals surface area contributed by atoms with Crippen LogP contribution in [0.3, 0.4) is 0 Å². The molecule has 0 bridgehead atoms. The number of nitrogens with zero attached hydrogens (tertiary/aromatic N) is 5. The third-order valence-electron chi connectivity index (χ3n) is 7.45. The first-order valence-corrected chi connectivity index (χ1v) is 13.1. The zero-order chi connectivity index (χ0) is 25.9. The third kappa shape index (κ3) is 3.23. The molecule has 0 aliphatic carbocycles. The third-order valence-corrected chi connectivity index (χ3v) is 7.45. The van der Waals surface area contributed by atoms with Crippen LogP contribution in [0.5, 0.6) is 0 Å². The Hall–Kier alpha value is -5.29. The number of rotatable bonds is 3. The molecule has 0 N–H and O–H groups in total. The summed E-state index contributed by atoms with van der Waals surface area (Å²) in [6.45, 7) is 1.93. The highest BCUT2D eigenvalue weighted by Gasteiger charge is 2.22. The van der Waals surface area contributed by atoms with Gasteiger partial charge in [-0.3, -0.25) is 4.57 Å². The molecule has 0 atom stereocenters. The first-order valence-electron chi connectivity index (χ1n) is 13.1. The van der Waals surface area contributed by atoms with E-state index in [9.17, 15) is 0 Å². The van der Waals surface area contributed by atoms with Gasteiger partial charge in [0.2, 0.25) is 5.95 Å². The van der Waals surface area contributed by atoms with E-state index in [0.29, 0.717) is 17.6 Å². The van der Waals surface area contributed by atoms with E-state index in [-0.39, 0.29) is 0 Å². The Bertz CT molecular complexity index is 2170. The van der Waals surface area contributed by atoms with E-state index < -0.39 is 0 Å². The van der Waals surface area contributed by atoms with Crippen LogP contribution >= 0.6 is 0 Å². The zero-order valence-corrected chi connectivity index (χ0v) is 21.3. The molecule has 3 aromatic heterocycles. The fourth-order valence-corrected chi connectivity index (χ4v) is 5.84. The van der Waals surface area contributed by atoms with Crippen molar-refractivity contribution in [2.24, 2.45) is 0 Å². The van der Waals surface area contributed by atoms with Crippen LogP contribution in [0.15, 0.2) is 121 Å². The van der Waals surface area contributed by atoms with Gasteiger partial charge in [-0.25, -0.2) is 4.98 Å². The molecule has 5 nitrogen and oxygen atoms in total. The quantitative estimate of drug-likeness (QED) is 0.246. The van der Waals surface area contributed by atoms with Crippen LogP contribution < -0.4 is 0 Å². The molecule has 0 aliphatic heterocycles. The van der Waals surface area contributed by atoms with Crippen LogP contribution in [-0.2, 0) is 0 Å². The molecule has 8 rings (SSSR count). The Morgan fingerprint density at radius 2 is 1.00 bits per heavy atom. The molecule has 0 radical (unpaired) electrons. The fraction of sp³-hybridized carbons (Fsp3) is 0.0294. The smallest absolute Gasteiger partial charge is 0.238 e. The molecule has 8 aromatic rings. The molecular weight excluding hydrogens is 478 g/mol. The van der Waals surface area contributed by atoms with Crippen molar-refractivity contribution in [3.05, 3.63) is 127 Å². The molecule has 184 valence electrons. The van der Waals surface area contributed by atoms with Gasteiger partial charge in [-0.15, -0.1) is 0 Å². The SMILES string of the molecule is Cc1nc(-c2ccccc2)nc(-n2c3ccccc3c3ccc4c5ccccc5n(-c5ccccc5)c4c32)n1. The lowest BCUT2D eigenvalue weighted by molar-refractivity contribution is 0.907. The Labute approximate surface area is 224 Å². The molecule has 0 amide bonds. The number of para-hydroxylation sites is 3. The van der Waals surface area contributed by atoms with E-state index in [4.69, 9.17) is 15.0 Å². The van der Waals surface area contributed by atoms with Gasteiger partial charge in [0, 0.05) is 32.8 Å². The summed E-state index contributed by atoms with van der Waals surface area (Å²) in [4.78, 5) is 14.6. The zero-order valence-electron chi connectivity index (χ0n) is 21.3. The van der Waals surface area contributed by atoms with Gasteiger partial charge in [0.05, 0.1) is 22.1 Å². The molecule has 0 saturated heterocycles. The number of aryl methyl sites for hydroxylation is 1. The fourth-order valence-electron chi connectivity index (χ4n) is 5.84. The Balaban J connectivity index is 1.59. The summed E-state index contributed by atoms with van der Waals surface area (Å²) in [5, 5.41) is 4.74. The summed E-state index contributed by atoms with van der Waals surface area (Å²) in [6.07, 6.45) is 0. The van der Waals surface area contributed by atoms with Crippen LogP contribution in [0, 0.1) is 6.92 Å². The minimum absolute atomic E-state index is 0.616. The molecule has 5 heteroatoms. The molecule has 0 aliphatic rings.